The van der Waals surface area contributed by atoms with E-state index < -0.39 is 0 Å². The van der Waals surface area contributed by atoms with Crippen molar-refractivity contribution in [3.05, 3.63) is 83.6 Å². The number of hydrogen-bond acceptors (Lipinski definition) is 5. The molecule has 6 nitrogen and oxygen atoms in total. The van der Waals surface area contributed by atoms with Crippen LogP contribution in [0.25, 0.3) is 17.1 Å². The summed E-state index contributed by atoms with van der Waals surface area (Å²) >= 11 is 7.36. The van der Waals surface area contributed by atoms with Crippen LogP contribution in [0.2, 0.25) is 5.02 Å². The SMILES string of the molecule is COc1ccc(NC(=O)CSc2nnc(-c3ccc(F)cc3)n2-c2ccccc2)cc1Cl. The second-order valence-electron chi connectivity index (χ2n) is 6.67. The fourth-order valence-electron chi connectivity index (χ4n) is 3.03. The monoisotopic (exact) mass is 468 g/mol. The van der Waals surface area contributed by atoms with Crippen LogP contribution in [0.3, 0.4) is 0 Å². The molecule has 0 aliphatic carbocycles. The second-order valence-corrected chi connectivity index (χ2v) is 8.02. The molecule has 0 aliphatic rings. The summed E-state index contributed by atoms with van der Waals surface area (Å²) < 4.78 is 20.3. The van der Waals surface area contributed by atoms with Crippen LogP contribution in [0.1, 0.15) is 0 Å². The van der Waals surface area contributed by atoms with Crippen molar-refractivity contribution >= 4 is 35.0 Å². The van der Waals surface area contributed by atoms with Crippen LogP contribution in [-0.4, -0.2) is 33.5 Å². The lowest BCUT2D eigenvalue weighted by molar-refractivity contribution is -0.113. The van der Waals surface area contributed by atoms with Crippen molar-refractivity contribution in [3.63, 3.8) is 0 Å². The lowest BCUT2D eigenvalue weighted by atomic mass is 10.2. The molecular weight excluding hydrogens is 451 g/mol. The maximum Gasteiger partial charge on any atom is 0.234 e. The van der Waals surface area contributed by atoms with Crippen LogP contribution in [-0.2, 0) is 4.79 Å². The molecule has 1 aromatic heterocycles. The molecule has 162 valence electrons. The highest BCUT2D eigenvalue weighted by Crippen LogP contribution is 2.29. The van der Waals surface area contributed by atoms with Gasteiger partial charge in [-0.15, -0.1) is 10.2 Å². The summed E-state index contributed by atoms with van der Waals surface area (Å²) in [6, 6.07) is 20.6. The first-order valence-electron chi connectivity index (χ1n) is 9.58. The maximum atomic E-state index is 13.4. The van der Waals surface area contributed by atoms with E-state index in [4.69, 9.17) is 16.3 Å². The average Bonchev–Trinajstić information content (AvgIpc) is 3.23. The van der Waals surface area contributed by atoms with E-state index in [0.717, 1.165) is 5.69 Å². The lowest BCUT2D eigenvalue weighted by Crippen LogP contribution is -2.14. The number of hydrogen-bond donors (Lipinski definition) is 1. The van der Waals surface area contributed by atoms with Gasteiger partial charge in [0.15, 0.2) is 11.0 Å². The Kier molecular flexibility index (Phi) is 6.72. The van der Waals surface area contributed by atoms with Crippen molar-refractivity contribution in [1.82, 2.24) is 14.8 Å². The van der Waals surface area contributed by atoms with Crippen LogP contribution < -0.4 is 10.1 Å². The minimum absolute atomic E-state index is 0.109. The number of anilines is 1. The van der Waals surface area contributed by atoms with Gasteiger partial charge in [0, 0.05) is 16.9 Å². The van der Waals surface area contributed by atoms with Gasteiger partial charge in [-0.2, -0.15) is 0 Å². The zero-order valence-electron chi connectivity index (χ0n) is 17.0. The summed E-state index contributed by atoms with van der Waals surface area (Å²) in [7, 11) is 1.53. The Morgan fingerprint density at radius 1 is 1.09 bits per heavy atom. The first-order chi connectivity index (χ1) is 15.5. The average molecular weight is 469 g/mol. The van der Waals surface area contributed by atoms with Gasteiger partial charge >= 0.3 is 0 Å². The highest BCUT2D eigenvalue weighted by Gasteiger charge is 2.17. The summed E-state index contributed by atoms with van der Waals surface area (Å²) in [5, 5.41) is 12.3. The molecule has 0 saturated carbocycles. The first kappa shape index (κ1) is 21.9. The maximum absolute atomic E-state index is 13.4. The van der Waals surface area contributed by atoms with Crippen molar-refractivity contribution in [1.29, 1.82) is 0 Å². The van der Waals surface area contributed by atoms with E-state index in [9.17, 15) is 9.18 Å². The van der Waals surface area contributed by atoms with Gasteiger partial charge in [0.1, 0.15) is 11.6 Å². The number of para-hydroxylation sites is 1. The van der Waals surface area contributed by atoms with E-state index in [1.807, 2.05) is 34.9 Å². The normalized spacial score (nSPS) is 10.7. The fourth-order valence-corrected chi connectivity index (χ4v) is 4.04. The molecule has 0 radical (unpaired) electrons. The molecule has 1 heterocycles. The molecule has 0 saturated heterocycles. The highest BCUT2D eigenvalue weighted by atomic mass is 35.5. The van der Waals surface area contributed by atoms with Gasteiger partial charge < -0.3 is 10.1 Å². The van der Waals surface area contributed by atoms with E-state index >= 15 is 0 Å². The van der Waals surface area contributed by atoms with Crippen molar-refractivity contribution in [2.24, 2.45) is 0 Å². The molecule has 32 heavy (non-hydrogen) atoms. The van der Waals surface area contributed by atoms with Crippen LogP contribution in [0.15, 0.2) is 78.0 Å². The number of nitrogens with zero attached hydrogens (tertiary/aromatic N) is 3. The number of thioether (sulfide) groups is 1. The Bertz CT molecular complexity index is 1230. The number of rotatable bonds is 7. The molecule has 0 spiro atoms. The molecule has 0 aliphatic heterocycles. The summed E-state index contributed by atoms with van der Waals surface area (Å²) in [5.41, 5.74) is 2.12. The van der Waals surface area contributed by atoms with Crippen LogP contribution in [0, 0.1) is 5.82 Å². The van der Waals surface area contributed by atoms with Crippen molar-refractivity contribution in [2.75, 3.05) is 18.2 Å². The van der Waals surface area contributed by atoms with Crippen LogP contribution >= 0.6 is 23.4 Å². The van der Waals surface area contributed by atoms with Crippen LogP contribution in [0.5, 0.6) is 5.75 Å². The van der Waals surface area contributed by atoms with E-state index in [0.29, 0.717) is 33.0 Å². The third-order valence-corrected chi connectivity index (χ3v) is 5.74. The van der Waals surface area contributed by atoms with Gasteiger partial charge in [-0.25, -0.2) is 4.39 Å². The molecule has 1 N–H and O–H groups in total. The Balaban J connectivity index is 1.55. The lowest BCUT2D eigenvalue weighted by Gasteiger charge is -2.11. The third kappa shape index (κ3) is 4.92. The number of methoxy groups -OCH3 is 1. The van der Waals surface area contributed by atoms with E-state index in [1.54, 1.807) is 30.3 Å². The number of amides is 1. The number of aromatic nitrogens is 3. The molecular formula is C23H18ClFN4O2S. The second kappa shape index (κ2) is 9.84. The summed E-state index contributed by atoms with van der Waals surface area (Å²) in [4.78, 5) is 12.5. The summed E-state index contributed by atoms with van der Waals surface area (Å²) in [6.45, 7) is 0. The summed E-state index contributed by atoms with van der Waals surface area (Å²) in [6.07, 6.45) is 0. The zero-order valence-corrected chi connectivity index (χ0v) is 18.5. The predicted octanol–water partition coefficient (Wildman–Crippen LogP) is 5.47. The highest BCUT2D eigenvalue weighted by molar-refractivity contribution is 7.99. The van der Waals surface area contributed by atoms with Crippen molar-refractivity contribution in [3.8, 4) is 22.8 Å². The zero-order chi connectivity index (χ0) is 22.5. The molecule has 0 atom stereocenters. The topological polar surface area (TPSA) is 69.0 Å². The minimum Gasteiger partial charge on any atom is -0.495 e. The van der Waals surface area contributed by atoms with Gasteiger partial charge in [-0.05, 0) is 54.6 Å². The number of halogens is 2. The van der Waals surface area contributed by atoms with E-state index in [2.05, 4.69) is 15.5 Å². The van der Waals surface area contributed by atoms with Gasteiger partial charge in [0.25, 0.3) is 0 Å². The Morgan fingerprint density at radius 2 is 1.84 bits per heavy atom. The van der Waals surface area contributed by atoms with Crippen molar-refractivity contribution in [2.45, 2.75) is 5.16 Å². The number of carbonyl (C=O) groups is 1. The number of benzene rings is 3. The van der Waals surface area contributed by atoms with E-state index in [1.165, 1.54) is 31.0 Å². The molecule has 3 aromatic carbocycles. The standard InChI is InChI=1S/C23H18ClFN4O2S/c1-31-20-12-11-17(13-19(20)24)26-21(30)14-32-23-28-27-22(15-7-9-16(25)10-8-15)29(23)18-5-3-2-4-6-18/h2-13H,14H2,1H3,(H,26,30). The van der Waals surface area contributed by atoms with Gasteiger partial charge in [0.2, 0.25) is 5.91 Å². The van der Waals surface area contributed by atoms with E-state index in [-0.39, 0.29) is 17.5 Å². The largest absolute Gasteiger partial charge is 0.495 e. The quantitative estimate of drug-likeness (QED) is 0.364. The molecule has 0 unspecified atom stereocenters. The Morgan fingerprint density at radius 3 is 2.53 bits per heavy atom. The summed E-state index contributed by atoms with van der Waals surface area (Å²) in [5.74, 6) is 0.647. The Hall–Kier alpha value is -3.36. The van der Waals surface area contributed by atoms with Crippen LogP contribution in [0.4, 0.5) is 10.1 Å². The molecule has 0 fully saturated rings. The van der Waals surface area contributed by atoms with Gasteiger partial charge in [-0.3, -0.25) is 9.36 Å². The molecule has 4 aromatic rings. The molecule has 9 heteroatoms. The first-order valence-corrected chi connectivity index (χ1v) is 10.9. The van der Waals surface area contributed by atoms with Crippen molar-refractivity contribution < 1.29 is 13.9 Å². The van der Waals surface area contributed by atoms with Gasteiger partial charge in [-0.1, -0.05) is 41.6 Å². The van der Waals surface area contributed by atoms with Gasteiger partial charge in [0.05, 0.1) is 17.9 Å². The molecule has 0 bridgehead atoms. The minimum atomic E-state index is -0.329. The Labute approximate surface area is 193 Å². The fraction of sp³-hybridized carbons (Fsp3) is 0.0870. The number of nitrogens with one attached hydrogen (secondary N) is 1. The third-order valence-electron chi connectivity index (χ3n) is 4.52. The number of carbonyl (C=O) groups excluding carboxylic acids is 1. The predicted molar refractivity (Wildman–Crippen MR) is 124 cm³/mol. The molecule has 4 rings (SSSR count). The number of ether oxygens (including phenoxy) is 1. The smallest absolute Gasteiger partial charge is 0.234 e. The molecule has 1 amide bonds.